The van der Waals surface area contributed by atoms with Crippen molar-refractivity contribution in [2.24, 2.45) is 11.8 Å². The zero-order valence-electron chi connectivity index (χ0n) is 13.9. The van der Waals surface area contributed by atoms with E-state index in [0.29, 0.717) is 6.04 Å². The summed E-state index contributed by atoms with van der Waals surface area (Å²) in [5.41, 5.74) is 1.38. The van der Waals surface area contributed by atoms with E-state index in [4.69, 9.17) is 0 Å². The number of rotatable bonds is 8. The van der Waals surface area contributed by atoms with E-state index in [-0.39, 0.29) is 0 Å². The summed E-state index contributed by atoms with van der Waals surface area (Å²) < 4.78 is 0. The number of aromatic nitrogens is 1. The summed E-state index contributed by atoms with van der Waals surface area (Å²) in [7, 11) is 0. The maximum absolute atomic E-state index is 4.27. The van der Waals surface area contributed by atoms with E-state index in [9.17, 15) is 0 Å². The van der Waals surface area contributed by atoms with Gasteiger partial charge in [0.25, 0.3) is 0 Å². The Balaban J connectivity index is 1.90. The van der Waals surface area contributed by atoms with Gasteiger partial charge in [0.1, 0.15) is 0 Å². The lowest BCUT2D eigenvalue weighted by atomic mass is 9.76. The molecule has 0 aliphatic heterocycles. The highest BCUT2D eigenvalue weighted by molar-refractivity contribution is 5.10. The summed E-state index contributed by atoms with van der Waals surface area (Å²) in [5.74, 6) is 1.85. The Morgan fingerprint density at radius 1 is 1.19 bits per heavy atom. The highest BCUT2D eigenvalue weighted by atomic mass is 14.9. The smallest absolute Gasteiger partial charge is 0.0300 e. The van der Waals surface area contributed by atoms with Crippen molar-refractivity contribution in [2.75, 3.05) is 6.54 Å². The fourth-order valence-corrected chi connectivity index (χ4v) is 3.80. The van der Waals surface area contributed by atoms with Gasteiger partial charge in [0.05, 0.1) is 0 Å². The van der Waals surface area contributed by atoms with E-state index in [0.717, 1.165) is 24.8 Å². The Hall–Kier alpha value is -0.890. The fraction of sp³-hybridized carbons (Fsp3) is 0.737. The minimum Gasteiger partial charge on any atom is -0.313 e. The van der Waals surface area contributed by atoms with Crippen molar-refractivity contribution in [2.45, 2.75) is 71.3 Å². The Kier molecular flexibility index (Phi) is 7.21. The Labute approximate surface area is 130 Å². The Morgan fingerprint density at radius 3 is 2.62 bits per heavy atom. The average molecular weight is 288 g/mol. The van der Waals surface area contributed by atoms with Crippen LogP contribution in [0.3, 0.4) is 0 Å². The molecule has 1 aliphatic rings. The molecule has 0 spiro atoms. The quantitative estimate of drug-likeness (QED) is 0.756. The topological polar surface area (TPSA) is 24.9 Å². The van der Waals surface area contributed by atoms with E-state index < -0.39 is 0 Å². The first-order valence-electron chi connectivity index (χ1n) is 8.95. The van der Waals surface area contributed by atoms with Crippen LogP contribution in [-0.2, 0) is 6.42 Å². The number of nitrogens with one attached hydrogen (secondary N) is 1. The van der Waals surface area contributed by atoms with E-state index in [1.54, 1.807) is 0 Å². The van der Waals surface area contributed by atoms with Crippen LogP contribution in [0.4, 0.5) is 0 Å². The minimum absolute atomic E-state index is 0.636. The Bertz CT molecular complexity index is 368. The van der Waals surface area contributed by atoms with Gasteiger partial charge in [-0.15, -0.1) is 0 Å². The molecule has 1 saturated carbocycles. The van der Waals surface area contributed by atoms with Crippen molar-refractivity contribution in [1.82, 2.24) is 10.3 Å². The van der Waals surface area contributed by atoms with Gasteiger partial charge < -0.3 is 5.32 Å². The second-order valence-electron chi connectivity index (χ2n) is 6.70. The second kappa shape index (κ2) is 9.19. The summed E-state index contributed by atoms with van der Waals surface area (Å²) >= 11 is 0. The molecule has 1 unspecified atom stereocenters. The lowest BCUT2D eigenvalue weighted by Gasteiger charge is -2.34. The van der Waals surface area contributed by atoms with Gasteiger partial charge >= 0.3 is 0 Å². The van der Waals surface area contributed by atoms with Gasteiger partial charge in [-0.05, 0) is 55.7 Å². The van der Waals surface area contributed by atoms with Crippen molar-refractivity contribution in [3.8, 4) is 0 Å². The van der Waals surface area contributed by atoms with Crippen molar-refractivity contribution in [3.05, 3.63) is 30.1 Å². The highest BCUT2D eigenvalue weighted by Crippen LogP contribution is 2.34. The van der Waals surface area contributed by atoms with Crippen LogP contribution in [0.25, 0.3) is 0 Å². The van der Waals surface area contributed by atoms with Crippen LogP contribution < -0.4 is 5.32 Å². The van der Waals surface area contributed by atoms with Crippen LogP contribution in [0.2, 0.25) is 0 Å². The second-order valence-corrected chi connectivity index (χ2v) is 6.70. The number of hydrogen-bond acceptors (Lipinski definition) is 2. The normalized spacial score (nSPS) is 23.9. The molecular weight excluding hydrogens is 256 g/mol. The lowest BCUT2D eigenvalue weighted by Crippen LogP contribution is -2.40. The molecule has 0 radical (unpaired) electrons. The summed E-state index contributed by atoms with van der Waals surface area (Å²) in [6.07, 6.45) is 14.7. The van der Waals surface area contributed by atoms with Crippen LogP contribution in [-0.4, -0.2) is 17.6 Å². The summed E-state index contributed by atoms with van der Waals surface area (Å²) in [6, 6.07) is 4.91. The molecule has 21 heavy (non-hydrogen) atoms. The first kappa shape index (κ1) is 16.5. The largest absolute Gasteiger partial charge is 0.313 e. The molecule has 1 N–H and O–H groups in total. The molecule has 2 heteroatoms. The molecule has 1 fully saturated rings. The summed E-state index contributed by atoms with van der Waals surface area (Å²) in [5, 5.41) is 3.81. The summed E-state index contributed by atoms with van der Waals surface area (Å²) in [4.78, 5) is 4.27. The molecule has 118 valence electrons. The van der Waals surface area contributed by atoms with Gasteiger partial charge in [-0.2, -0.15) is 0 Å². The monoisotopic (exact) mass is 288 g/mol. The third-order valence-corrected chi connectivity index (χ3v) is 4.99. The Morgan fingerprint density at radius 2 is 2.00 bits per heavy atom. The van der Waals surface area contributed by atoms with Crippen molar-refractivity contribution in [3.63, 3.8) is 0 Å². The van der Waals surface area contributed by atoms with Crippen molar-refractivity contribution < 1.29 is 0 Å². The van der Waals surface area contributed by atoms with Crippen molar-refractivity contribution in [1.29, 1.82) is 0 Å². The van der Waals surface area contributed by atoms with Gasteiger partial charge in [0.15, 0.2) is 0 Å². The molecule has 2 nitrogen and oxygen atoms in total. The first-order valence-corrected chi connectivity index (χ1v) is 8.95. The predicted molar refractivity (Wildman–Crippen MR) is 90.4 cm³/mol. The van der Waals surface area contributed by atoms with E-state index >= 15 is 0 Å². The van der Waals surface area contributed by atoms with E-state index in [1.165, 1.54) is 50.5 Å². The first-order chi connectivity index (χ1) is 10.3. The van der Waals surface area contributed by atoms with E-state index in [2.05, 4.69) is 36.3 Å². The minimum atomic E-state index is 0.636. The van der Waals surface area contributed by atoms with Crippen LogP contribution in [0.5, 0.6) is 0 Å². The van der Waals surface area contributed by atoms with Gasteiger partial charge in [0, 0.05) is 18.4 Å². The van der Waals surface area contributed by atoms with Crippen LogP contribution in [0.15, 0.2) is 24.5 Å². The number of nitrogens with zero attached hydrogens (tertiary/aromatic N) is 1. The van der Waals surface area contributed by atoms with Crippen LogP contribution >= 0.6 is 0 Å². The molecule has 1 aromatic rings. The maximum atomic E-state index is 4.27. The molecule has 2 rings (SSSR count). The van der Waals surface area contributed by atoms with Crippen LogP contribution in [0, 0.1) is 11.8 Å². The standard InChI is InChI=1S/C19H32N2/c1-3-6-16-8-10-18(11-9-16)19(21-12-4-2)14-17-7-5-13-20-15-17/h5,7,13,15-16,18-19,21H,3-4,6,8-12,14H2,1-2H3. The zero-order chi connectivity index (χ0) is 14.9. The van der Waals surface area contributed by atoms with Gasteiger partial charge in [0.2, 0.25) is 0 Å². The fourth-order valence-electron chi connectivity index (χ4n) is 3.80. The third kappa shape index (κ3) is 5.43. The average Bonchev–Trinajstić information content (AvgIpc) is 2.53. The highest BCUT2D eigenvalue weighted by Gasteiger charge is 2.27. The summed E-state index contributed by atoms with van der Waals surface area (Å²) in [6.45, 7) is 5.71. The number of pyridine rings is 1. The molecule has 0 saturated heterocycles. The molecule has 1 aliphatic carbocycles. The maximum Gasteiger partial charge on any atom is 0.0300 e. The van der Waals surface area contributed by atoms with Crippen LogP contribution in [0.1, 0.15) is 64.4 Å². The van der Waals surface area contributed by atoms with Gasteiger partial charge in [-0.3, -0.25) is 4.98 Å². The molecule has 0 bridgehead atoms. The van der Waals surface area contributed by atoms with Gasteiger partial charge in [-0.25, -0.2) is 0 Å². The SMILES string of the molecule is CCCNC(Cc1cccnc1)C1CCC(CCC)CC1. The predicted octanol–water partition coefficient (Wildman–Crippen LogP) is 4.60. The van der Waals surface area contributed by atoms with Crippen molar-refractivity contribution >= 4 is 0 Å². The lowest BCUT2D eigenvalue weighted by molar-refractivity contribution is 0.212. The number of hydrogen-bond donors (Lipinski definition) is 1. The molecule has 1 heterocycles. The molecule has 0 amide bonds. The molecule has 1 aromatic heterocycles. The zero-order valence-corrected chi connectivity index (χ0v) is 13.9. The molecule has 1 atom stereocenters. The molecule has 0 aromatic carbocycles. The third-order valence-electron chi connectivity index (χ3n) is 4.99. The van der Waals surface area contributed by atoms with Gasteiger partial charge in [-0.1, -0.05) is 45.6 Å². The molecular formula is C19H32N2. The van der Waals surface area contributed by atoms with E-state index in [1.807, 2.05) is 12.4 Å².